The monoisotopic (exact) mass is 249 g/mol. The molecule has 0 spiro atoms. The first kappa shape index (κ1) is 12.3. The summed E-state index contributed by atoms with van der Waals surface area (Å²) in [5.41, 5.74) is 0.577. The van der Waals surface area contributed by atoms with Crippen LogP contribution in [0.5, 0.6) is 0 Å². The molecule has 0 saturated heterocycles. The van der Waals surface area contributed by atoms with Gasteiger partial charge in [0, 0.05) is 0 Å². The zero-order chi connectivity index (χ0) is 13.1. The molecule has 0 aliphatic rings. The van der Waals surface area contributed by atoms with E-state index in [4.69, 9.17) is 0 Å². The van der Waals surface area contributed by atoms with Crippen molar-refractivity contribution in [1.82, 2.24) is 19.6 Å². The molecule has 0 aromatic carbocycles. The number of hydrogen-bond acceptors (Lipinski definition) is 5. The van der Waals surface area contributed by atoms with Gasteiger partial charge in [0.15, 0.2) is 5.65 Å². The highest BCUT2D eigenvalue weighted by atomic mass is 16.4. The molecule has 0 amide bonds. The summed E-state index contributed by atoms with van der Waals surface area (Å²) >= 11 is 0. The molecule has 2 aromatic heterocycles. The summed E-state index contributed by atoms with van der Waals surface area (Å²) in [6, 6.07) is -0.653. The first-order valence-electron chi connectivity index (χ1n) is 5.71. The minimum absolute atomic E-state index is 0.284. The Hall–Kier alpha value is -2.18. The Labute approximate surface area is 104 Å². The lowest BCUT2D eigenvalue weighted by molar-refractivity contribution is -0.138. The van der Waals surface area contributed by atoms with E-state index in [0.29, 0.717) is 17.9 Å². The molecular weight excluding hydrogens is 234 g/mol. The van der Waals surface area contributed by atoms with E-state index in [1.807, 2.05) is 13.8 Å². The fourth-order valence-corrected chi connectivity index (χ4v) is 1.73. The van der Waals surface area contributed by atoms with Gasteiger partial charge in [-0.2, -0.15) is 0 Å². The SMILES string of the molecule is CC(C)C[C@@H](Nc1cncc2nncn12)C(=O)O. The van der Waals surface area contributed by atoms with Gasteiger partial charge in [-0.1, -0.05) is 13.8 Å². The largest absolute Gasteiger partial charge is 0.480 e. The van der Waals surface area contributed by atoms with Crippen molar-refractivity contribution in [3.8, 4) is 0 Å². The van der Waals surface area contributed by atoms with Gasteiger partial charge in [-0.05, 0) is 12.3 Å². The molecule has 0 saturated carbocycles. The third-order valence-corrected chi connectivity index (χ3v) is 2.55. The van der Waals surface area contributed by atoms with E-state index in [1.165, 1.54) is 6.33 Å². The van der Waals surface area contributed by atoms with Gasteiger partial charge < -0.3 is 10.4 Å². The van der Waals surface area contributed by atoms with E-state index in [1.54, 1.807) is 16.8 Å². The Kier molecular flexibility index (Phi) is 3.40. The maximum Gasteiger partial charge on any atom is 0.326 e. The molecule has 7 nitrogen and oxygen atoms in total. The molecule has 0 unspecified atom stereocenters. The fraction of sp³-hybridized carbons (Fsp3) is 0.455. The number of aliphatic carboxylic acids is 1. The van der Waals surface area contributed by atoms with Crippen LogP contribution < -0.4 is 5.32 Å². The van der Waals surface area contributed by atoms with Crippen molar-refractivity contribution in [3.63, 3.8) is 0 Å². The Balaban J connectivity index is 2.25. The van der Waals surface area contributed by atoms with Crippen LogP contribution in [0.2, 0.25) is 0 Å². The summed E-state index contributed by atoms with van der Waals surface area (Å²) in [6.45, 7) is 3.96. The molecule has 0 bridgehead atoms. The van der Waals surface area contributed by atoms with Crippen LogP contribution in [0.1, 0.15) is 20.3 Å². The van der Waals surface area contributed by atoms with Crippen LogP contribution in [0.4, 0.5) is 5.82 Å². The van der Waals surface area contributed by atoms with Crippen LogP contribution >= 0.6 is 0 Å². The average Bonchev–Trinajstić information content (AvgIpc) is 2.76. The van der Waals surface area contributed by atoms with Crippen LogP contribution in [0.25, 0.3) is 5.65 Å². The van der Waals surface area contributed by atoms with Gasteiger partial charge in [0.1, 0.15) is 18.2 Å². The van der Waals surface area contributed by atoms with Gasteiger partial charge in [0.05, 0.1) is 12.4 Å². The molecule has 2 aromatic rings. The standard InChI is InChI=1S/C11H15N5O2/c1-7(2)3-8(11(17)18)14-9-4-12-5-10-15-13-6-16(9)10/h4-8,14H,3H2,1-2H3,(H,17,18)/t8-/m1/s1. The van der Waals surface area contributed by atoms with E-state index in [9.17, 15) is 9.90 Å². The lowest BCUT2D eigenvalue weighted by Gasteiger charge is -2.17. The molecular formula is C11H15N5O2. The predicted octanol–water partition coefficient (Wildman–Crippen LogP) is 1.04. The van der Waals surface area contributed by atoms with Crippen molar-refractivity contribution in [2.24, 2.45) is 5.92 Å². The summed E-state index contributed by atoms with van der Waals surface area (Å²) in [4.78, 5) is 15.2. The molecule has 2 N–H and O–H groups in total. The molecule has 0 radical (unpaired) electrons. The van der Waals surface area contributed by atoms with Crippen molar-refractivity contribution in [2.75, 3.05) is 5.32 Å². The molecule has 2 heterocycles. The normalized spacial score (nSPS) is 12.8. The van der Waals surface area contributed by atoms with E-state index in [2.05, 4.69) is 20.5 Å². The number of anilines is 1. The number of nitrogens with zero attached hydrogens (tertiary/aromatic N) is 4. The van der Waals surface area contributed by atoms with Crippen molar-refractivity contribution < 1.29 is 9.90 Å². The molecule has 0 aliphatic heterocycles. The number of carboxylic acid groups (broad SMARTS) is 1. The van der Waals surface area contributed by atoms with Crippen LogP contribution in [0, 0.1) is 5.92 Å². The third-order valence-electron chi connectivity index (χ3n) is 2.55. The first-order chi connectivity index (χ1) is 8.58. The highest BCUT2D eigenvalue weighted by Crippen LogP contribution is 2.13. The second-order valence-electron chi connectivity index (χ2n) is 4.52. The summed E-state index contributed by atoms with van der Waals surface area (Å²) in [7, 11) is 0. The van der Waals surface area contributed by atoms with Crippen molar-refractivity contribution in [1.29, 1.82) is 0 Å². The van der Waals surface area contributed by atoms with E-state index in [-0.39, 0.29) is 5.92 Å². The molecule has 18 heavy (non-hydrogen) atoms. The quantitative estimate of drug-likeness (QED) is 0.822. The average molecular weight is 249 g/mol. The van der Waals surface area contributed by atoms with Gasteiger partial charge in [-0.25, -0.2) is 4.79 Å². The van der Waals surface area contributed by atoms with Crippen molar-refractivity contribution in [3.05, 3.63) is 18.7 Å². The number of hydrogen-bond donors (Lipinski definition) is 2. The first-order valence-corrected chi connectivity index (χ1v) is 5.71. The van der Waals surface area contributed by atoms with Crippen LogP contribution in [0.15, 0.2) is 18.7 Å². The minimum Gasteiger partial charge on any atom is -0.480 e. The number of carbonyl (C=O) groups is 1. The van der Waals surface area contributed by atoms with Crippen molar-refractivity contribution in [2.45, 2.75) is 26.3 Å². The Bertz CT molecular complexity index is 551. The number of aromatic nitrogens is 4. The summed E-state index contributed by atoms with van der Waals surface area (Å²) in [6.07, 6.45) is 5.19. The third kappa shape index (κ3) is 2.55. The van der Waals surface area contributed by atoms with Crippen molar-refractivity contribution >= 4 is 17.4 Å². The Morgan fingerprint density at radius 2 is 2.28 bits per heavy atom. The van der Waals surface area contributed by atoms with Crippen LogP contribution in [0.3, 0.4) is 0 Å². The van der Waals surface area contributed by atoms with Crippen LogP contribution in [-0.2, 0) is 4.79 Å². The van der Waals surface area contributed by atoms with E-state index in [0.717, 1.165) is 0 Å². The molecule has 0 fully saturated rings. The maximum absolute atomic E-state index is 11.2. The molecule has 0 aliphatic carbocycles. The topological polar surface area (TPSA) is 92.4 Å². The van der Waals surface area contributed by atoms with Gasteiger partial charge in [-0.15, -0.1) is 10.2 Å². The molecule has 7 heteroatoms. The van der Waals surface area contributed by atoms with E-state index < -0.39 is 12.0 Å². The van der Waals surface area contributed by atoms with Gasteiger partial charge in [-0.3, -0.25) is 9.38 Å². The Morgan fingerprint density at radius 1 is 1.50 bits per heavy atom. The van der Waals surface area contributed by atoms with Gasteiger partial charge >= 0.3 is 5.97 Å². The summed E-state index contributed by atoms with van der Waals surface area (Å²) in [5, 5.41) is 19.8. The molecule has 96 valence electrons. The lowest BCUT2D eigenvalue weighted by atomic mass is 10.0. The summed E-state index contributed by atoms with van der Waals surface area (Å²) < 4.78 is 1.67. The molecule has 2 rings (SSSR count). The number of rotatable bonds is 5. The number of fused-ring (bicyclic) bond motifs is 1. The molecule has 1 atom stereocenters. The Morgan fingerprint density at radius 3 is 2.94 bits per heavy atom. The lowest BCUT2D eigenvalue weighted by Crippen LogP contribution is -2.31. The highest BCUT2D eigenvalue weighted by Gasteiger charge is 2.19. The predicted molar refractivity (Wildman–Crippen MR) is 65.3 cm³/mol. The van der Waals surface area contributed by atoms with Crippen LogP contribution in [-0.4, -0.2) is 36.7 Å². The highest BCUT2D eigenvalue weighted by molar-refractivity contribution is 5.77. The van der Waals surface area contributed by atoms with Gasteiger partial charge in [0.2, 0.25) is 0 Å². The number of nitrogens with one attached hydrogen (secondary N) is 1. The zero-order valence-corrected chi connectivity index (χ0v) is 10.2. The van der Waals surface area contributed by atoms with Gasteiger partial charge in [0.25, 0.3) is 0 Å². The summed E-state index contributed by atoms with van der Waals surface area (Å²) in [5.74, 6) is -0.0222. The maximum atomic E-state index is 11.2. The van der Waals surface area contributed by atoms with E-state index >= 15 is 0 Å². The second kappa shape index (κ2) is 4.99. The minimum atomic E-state index is -0.881. The fourth-order valence-electron chi connectivity index (χ4n) is 1.73. The zero-order valence-electron chi connectivity index (χ0n) is 10.2. The number of carboxylic acids is 1. The smallest absolute Gasteiger partial charge is 0.326 e. The second-order valence-corrected chi connectivity index (χ2v) is 4.52.